The van der Waals surface area contributed by atoms with E-state index in [0.29, 0.717) is 43.4 Å². The quantitative estimate of drug-likeness (QED) is 0.609. The SMILES string of the molecule is OC1CCN(c2nc(Nc3ccc(OC(F)(F)F)cc3)cc(-c3ccccc3)n2)CC1. The van der Waals surface area contributed by atoms with Crippen LogP contribution in [0.15, 0.2) is 60.7 Å². The van der Waals surface area contributed by atoms with Gasteiger partial charge in [-0.2, -0.15) is 4.98 Å². The molecule has 0 aliphatic carbocycles. The second kappa shape index (κ2) is 8.81. The first-order valence-electron chi connectivity index (χ1n) is 9.86. The molecule has 1 fully saturated rings. The van der Waals surface area contributed by atoms with Gasteiger partial charge < -0.3 is 20.1 Å². The molecule has 162 valence electrons. The number of anilines is 3. The summed E-state index contributed by atoms with van der Waals surface area (Å²) in [6.45, 7) is 1.28. The molecule has 0 amide bonds. The van der Waals surface area contributed by atoms with E-state index in [1.165, 1.54) is 24.3 Å². The largest absolute Gasteiger partial charge is 0.573 e. The normalized spacial score (nSPS) is 15.0. The number of alkyl halides is 3. The smallest absolute Gasteiger partial charge is 0.406 e. The summed E-state index contributed by atoms with van der Waals surface area (Å²) < 4.78 is 41.0. The molecule has 0 atom stereocenters. The number of rotatable bonds is 5. The van der Waals surface area contributed by atoms with Gasteiger partial charge in [0.15, 0.2) is 0 Å². The maximum atomic E-state index is 12.4. The van der Waals surface area contributed by atoms with Crippen LogP contribution in [0.2, 0.25) is 0 Å². The summed E-state index contributed by atoms with van der Waals surface area (Å²) in [5.74, 6) is 0.755. The molecule has 0 saturated carbocycles. The monoisotopic (exact) mass is 430 g/mol. The molecule has 1 aliphatic heterocycles. The third kappa shape index (κ3) is 5.64. The van der Waals surface area contributed by atoms with Crippen LogP contribution in [0.3, 0.4) is 0 Å². The second-order valence-corrected chi connectivity index (χ2v) is 7.22. The van der Waals surface area contributed by atoms with Crippen molar-refractivity contribution in [3.05, 3.63) is 60.7 Å². The first-order chi connectivity index (χ1) is 14.9. The first-order valence-corrected chi connectivity index (χ1v) is 9.86. The van der Waals surface area contributed by atoms with Gasteiger partial charge in [-0.3, -0.25) is 0 Å². The molecule has 1 aromatic heterocycles. The number of halogens is 3. The van der Waals surface area contributed by atoms with E-state index in [-0.39, 0.29) is 11.9 Å². The summed E-state index contributed by atoms with van der Waals surface area (Å²) >= 11 is 0. The van der Waals surface area contributed by atoms with Crippen LogP contribution in [0.5, 0.6) is 5.75 Å². The van der Waals surface area contributed by atoms with Gasteiger partial charge in [-0.15, -0.1) is 13.2 Å². The Labute approximate surface area is 177 Å². The van der Waals surface area contributed by atoms with Gasteiger partial charge in [-0.05, 0) is 37.1 Å². The number of ether oxygens (including phenoxy) is 1. The molecule has 1 aliphatic rings. The van der Waals surface area contributed by atoms with Gasteiger partial charge in [0.2, 0.25) is 5.95 Å². The number of piperidine rings is 1. The molecule has 2 aromatic carbocycles. The molecule has 31 heavy (non-hydrogen) atoms. The standard InChI is InChI=1S/C22H21F3N4O2/c23-22(24,25)31-18-8-6-16(7-9-18)26-20-14-19(15-4-2-1-3-5-15)27-21(28-20)29-12-10-17(30)11-13-29/h1-9,14,17,30H,10-13H2,(H,26,27,28). The number of aromatic nitrogens is 2. The van der Waals surface area contributed by atoms with Crippen LogP contribution in [-0.4, -0.2) is 40.6 Å². The fourth-order valence-electron chi connectivity index (χ4n) is 3.35. The van der Waals surface area contributed by atoms with Crippen molar-refractivity contribution in [2.24, 2.45) is 0 Å². The highest BCUT2D eigenvalue weighted by molar-refractivity contribution is 5.67. The maximum absolute atomic E-state index is 12.4. The highest BCUT2D eigenvalue weighted by Crippen LogP contribution is 2.28. The lowest BCUT2D eigenvalue weighted by molar-refractivity contribution is -0.274. The van der Waals surface area contributed by atoms with E-state index in [4.69, 9.17) is 4.98 Å². The van der Waals surface area contributed by atoms with Crippen molar-refractivity contribution in [1.82, 2.24) is 9.97 Å². The van der Waals surface area contributed by atoms with Crippen LogP contribution in [0.1, 0.15) is 12.8 Å². The molecule has 0 bridgehead atoms. The Hall–Kier alpha value is -3.33. The lowest BCUT2D eigenvalue weighted by Gasteiger charge is -2.30. The van der Waals surface area contributed by atoms with Crippen LogP contribution < -0.4 is 15.0 Å². The minimum absolute atomic E-state index is 0.293. The van der Waals surface area contributed by atoms with E-state index in [1.807, 2.05) is 35.2 Å². The van der Waals surface area contributed by atoms with Crippen molar-refractivity contribution < 1.29 is 23.0 Å². The number of benzene rings is 2. The van der Waals surface area contributed by atoms with Gasteiger partial charge in [0.1, 0.15) is 11.6 Å². The van der Waals surface area contributed by atoms with Crippen molar-refractivity contribution in [2.75, 3.05) is 23.3 Å². The average molecular weight is 430 g/mol. The van der Waals surface area contributed by atoms with E-state index < -0.39 is 6.36 Å². The van der Waals surface area contributed by atoms with Gasteiger partial charge in [-0.25, -0.2) is 4.98 Å². The van der Waals surface area contributed by atoms with Crippen molar-refractivity contribution in [2.45, 2.75) is 25.3 Å². The summed E-state index contributed by atoms with van der Waals surface area (Å²) in [5, 5.41) is 12.9. The number of nitrogens with one attached hydrogen (secondary N) is 1. The zero-order chi connectivity index (χ0) is 21.8. The number of hydrogen-bond donors (Lipinski definition) is 2. The number of aliphatic hydroxyl groups excluding tert-OH is 1. The van der Waals surface area contributed by atoms with E-state index in [2.05, 4.69) is 15.0 Å². The lowest BCUT2D eigenvalue weighted by atomic mass is 10.1. The third-order valence-corrected chi connectivity index (χ3v) is 4.89. The Morgan fingerprint density at radius 2 is 1.65 bits per heavy atom. The van der Waals surface area contributed by atoms with E-state index in [9.17, 15) is 18.3 Å². The molecule has 1 saturated heterocycles. The predicted octanol–water partition coefficient (Wildman–Crippen LogP) is 4.75. The van der Waals surface area contributed by atoms with Crippen molar-refractivity contribution in [1.29, 1.82) is 0 Å². The number of aliphatic hydroxyl groups is 1. The predicted molar refractivity (Wildman–Crippen MR) is 111 cm³/mol. The van der Waals surface area contributed by atoms with Gasteiger partial charge in [0.25, 0.3) is 0 Å². The highest BCUT2D eigenvalue weighted by Gasteiger charge is 2.31. The Morgan fingerprint density at radius 1 is 0.968 bits per heavy atom. The van der Waals surface area contributed by atoms with Gasteiger partial charge in [0, 0.05) is 30.4 Å². The number of hydrogen-bond acceptors (Lipinski definition) is 6. The Kier molecular flexibility index (Phi) is 5.94. The van der Waals surface area contributed by atoms with Crippen LogP contribution in [0, 0.1) is 0 Å². The van der Waals surface area contributed by atoms with Crippen LogP contribution >= 0.6 is 0 Å². The summed E-state index contributed by atoms with van der Waals surface area (Å²) in [4.78, 5) is 11.3. The fraction of sp³-hybridized carbons (Fsp3) is 0.273. The minimum Gasteiger partial charge on any atom is -0.406 e. The maximum Gasteiger partial charge on any atom is 0.573 e. The second-order valence-electron chi connectivity index (χ2n) is 7.22. The molecule has 0 spiro atoms. The number of nitrogens with zero attached hydrogens (tertiary/aromatic N) is 3. The van der Waals surface area contributed by atoms with E-state index >= 15 is 0 Å². The van der Waals surface area contributed by atoms with Crippen LogP contribution in [0.25, 0.3) is 11.3 Å². The summed E-state index contributed by atoms with van der Waals surface area (Å²) in [6.07, 6.45) is -3.77. The lowest BCUT2D eigenvalue weighted by Crippen LogP contribution is -2.37. The van der Waals surface area contributed by atoms with Crippen molar-refractivity contribution in [3.8, 4) is 17.0 Å². The van der Waals surface area contributed by atoms with Crippen molar-refractivity contribution >= 4 is 17.5 Å². The summed E-state index contributed by atoms with van der Waals surface area (Å²) in [5.41, 5.74) is 2.20. The van der Waals surface area contributed by atoms with E-state index in [1.54, 1.807) is 6.07 Å². The molecular formula is C22H21F3N4O2. The van der Waals surface area contributed by atoms with Gasteiger partial charge in [-0.1, -0.05) is 30.3 Å². The average Bonchev–Trinajstić information content (AvgIpc) is 2.75. The van der Waals surface area contributed by atoms with Crippen LogP contribution in [0.4, 0.5) is 30.6 Å². The zero-order valence-corrected chi connectivity index (χ0v) is 16.5. The van der Waals surface area contributed by atoms with Crippen LogP contribution in [-0.2, 0) is 0 Å². The fourth-order valence-corrected chi connectivity index (χ4v) is 3.35. The van der Waals surface area contributed by atoms with E-state index in [0.717, 1.165) is 11.3 Å². The van der Waals surface area contributed by atoms with Gasteiger partial charge >= 0.3 is 6.36 Å². The molecule has 2 N–H and O–H groups in total. The third-order valence-electron chi connectivity index (χ3n) is 4.89. The summed E-state index contributed by atoms with van der Waals surface area (Å²) in [6, 6.07) is 16.9. The Morgan fingerprint density at radius 3 is 2.29 bits per heavy atom. The molecule has 3 aromatic rings. The summed E-state index contributed by atoms with van der Waals surface area (Å²) in [7, 11) is 0. The Balaban J connectivity index is 1.61. The zero-order valence-electron chi connectivity index (χ0n) is 16.5. The highest BCUT2D eigenvalue weighted by atomic mass is 19.4. The minimum atomic E-state index is -4.73. The molecular weight excluding hydrogens is 409 g/mol. The molecule has 6 nitrogen and oxygen atoms in total. The molecule has 4 rings (SSSR count). The molecule has 0 radical (unpaired) electrons. The van der Waals surface area contributed by atoms with Crippen molar-refractivity contribution in [3.63, 3.8) is 0 Å². The first kappa shape index (κ1) is 20.9. The van der Waals surface area contributed by atoms with Gasteiger partial charge in [0.05, 0.1) is 11.8 Å². The Bertz CT molecular complexity index is 1010. The molecule has 0 unspecified atom stereocenters. The topological polar surface area (TPSA) is 70.5 Å². The molecule has 9 heteroatoms. The molecule has 2 heterocycles.